The molecule has 0 radical (unpaired) electrons. The van der Waals surface area contributed by atoms with Gasteiger partial charge in [-0.2, -0.15) is 0 Å². The van der Waals surface area contributed by atoms with Gasteiger partial charge in [0.25, 0.3) is 5.91 Å². The number of hydrogen-bond acceptors (Lipinski definition) is 2. The number of furan rings is 1. The highest BCUT2D eigenvalue weighted by atomic mass is 19.1. The van der Waals surface area contributed by atoms with Crippen LogP contribution >= 0.6 is 0 Å². The van der Waals surface area contributed by atoms with Crippen molar-refractivity contribution in [3.8, 4) is 0 Å². The normalized spacial score (nSPS) is 12.3. The van der Waals surface area contributed by atoms with E-state index in [1.807, 2.05) is 37.3 Å². The quantitative estimate of drug-likeness (QED) is 0.780. The summed E-state index contributed by atoms with van der Waals surface area (Å²) in [6, 6.07) is 14.1. The van der Waals surface area contributed by atoms with Gasteiger partial charge in [-0.3, -0.25) is 4.79 Å². The molecule has 0 saturated carbocycles. The maximum absolute atomic E-state index is 13.7. The largest absolute Gasteiger partial charge is 0.448 e. The summed E-state index contributed by atoms with van der Waals surface area (Å²) in [7, 11) is 0. The molecule has 1 heterocycles. The highest BCUT2D eigenvalue weighted by Crippen LogP contribution is 2.27. The lowest BCUT2D eigenvalue weighted by Crippen LogP contribution is -2.26. The Hall–Kier alpha value is -2.62. The van der Waals surface area contributed by atoms with Crippen molar-refractivity contribution in [1.82, 2.24) is 5.32 Å². The number of fused-ring (bicyclic) bond motifs is 1. The highest BCUT2D eigenvalue weighted by Gasteiger charge is 2.21. The summed E-state index contributed by atoms with van der Waals surface area (Å²) in [4.78, 5) is 12.4. The minimum absolute atomic E-state index is 0.123. The van der Waals surface area contributed by atoms with Crippen molar-refractivity contribution in [3.05, 3.63) is 71.2 Å². The molecule has 0 fully saturated rings. The van der Waals surface area contributed by atoms with Crippen LogP contribution in [0.5, 0.6) is 0 Å². The van der Waals surface area contributed by atoms with E-state index in [4.69, 9.17) is 4.42 Å². The minimum atomic E-state index is -0.462. The van der Waals surface area contributed by atoms with Gasteiger partial charge in [0.05, 0.1) is 6.04 Å². The number of carbonyl (C=O) groups is 1. The average molecular weight is 297 g/mol. The zero-order valence-electron chi connectivity index (χ0n) is 12.4. The monoisotopic (exact) mass is 297 g/mol. The van der Waals surface area contributed by atoms with Crippen molar-refractivity contribution in [2.45, 2.75) is 19.9 Å². The predicted molar refractivity (Wildman–Crippen MR) is 83.2 cm³/mol. The van der Waals surface area contributed by atoms with Crippen LogP contribution in [0.15, 0.2) is 52.9 Å². The van der Waals surface area contributed by atoms with Gasteiger partial charge in [0.2, 0.25) is 0 Å². The fraction of sp³-hybridized carbons (Fsp3) is 0.167. The average Bonchev–Trinajstić information content (AvgIpc) is 2.87. The van der Waals surface area contributed by atoms with Gasteiger partial charge in [0, 0.05) is 10.9 Å². The van der Waals surface area contributed by atoms with E-state index in [9.17, 15) is 9.18 Å². The lowest BCUT2D eigenvalue weighted by molar-refractivity contribution is 0.0913. The summed E-state index contributed by atoms with van der Waals surface area (Å²) in [6.45, 7) is 3.65. The topological polar surface area (TPSA) is 42.2 Å². The number of benzene rings is 2. The maximum Gasteiger partial charge on any atom is 0.287 e. The van der Waals surface area contributed by atoms with Gasteiger partial charge in [0.1, 0.15) is 0 Å². The third-order valence-corrected chi connectivity index (χ3v) is 3.77. The number of halogens is 1. The van der Waals surface area contributed by atoms with Crippen LogP contribution in [0.3, 0.4) is 0 Å². The van der Waals surface area contributed by atoms with Crippen LogP contribution in [0.1, 0.15) is 34.6 Å². The van der Waals surface area contributed by atoms with Crippen LogP contribution in [-0.2, 0) is 0 Å². The number of aryl methyl sites for hydroxylation is 1. The van der Waals surface area contributed by atoms with Crippen LogP contribution in [0.25, 0.3) is 11.0 Å². The molecule has 0 unspecified atom stereocenters. The van der Waals surface area contributed by atoms with Gasteiger partial charge in [-0.15, -0.1) is 0 Å². The predicted octanol–water partition coefficient (Wildman–Crippen LogP) is 4.37. The van der Waals surface area contributed by atoms with E-state index in [1.165, 1.54) is 6.07 Å². The summed E-state index contributed by atoms with van der Waals surface area (Å²) in [5, 5.41) is 3.50. The molecule has 3 rings (SSSR count). The minimum Gasteiger partial charge on any atom is -0.448 e. The molecule has 0 spiro atoms. The first-order chi connectivity index (χ1) is 10.6. The first-order valence-electron chi connectivity index (χ1n) is 7.11. The molecule has 0 bridgehead atoms. The van der Waals surface area contributed by atoms with Crippen LogP contribution in [0.4, 0.5) is 4.39 Å². The van der Waals surface area contributed by atoms with Crippen molar-refractivity contribution in [3.63, 3.8) is 0 Å². The summed E-state index contributed by atoms with van der Waals surface area (Å²) in [6.07, 6.45) is 0. The molecule has 0 aliphatic heterocycles. The number of nitrogens with one attached hydrogen (secondary N) is 1. The van der Waals surface area contributed by atoms with E-state index in [-0.39, 0.29) is 23.3 Å². The van der Waals surface area contributed by atoms with Crippen molar-refractivity contribution in [2.75, 3.05) is 0 Å². The Morgan fingerprint density at radius 3 is 2.55 bits per heavy atom. The van der Waals surface area contributed by atoms with E-state index < -0.39 is 5.82 Å². The molecule has 0 aliphatic carbocycles. The van der Waals surface area contributed by atoms with Gasteiger partial charge in [-0.25, -0.2) is 4.39 Å². The van der Waals surface area contributed by atoms with Gasteiger partial charge >= 0.3 is 0 Å². The van der Waals surface area contributed by atoms with Gasteiger partial charge in [-0.05, 0) is 25.5 Å². The summed E-state index contributed by atoms with van der Waals surface area (Å²) in [5.74, 6) is -0.650. The molecular formula is C18H16FNO2. The van der Waals surface area contributed by atoms with E-state index >= 15 is 0 Å². The molecule has 22 heavy (non-hydrogen) atoms. The third-order valence-electron chi connectivity index (χ3n) is 3.77. The third kappa shape index (κ3) is 2.48. The smallest absolute Gasteiger partial charge is 0.287 e. The van der Waals surface area contributed by atoms with Crippen LogP contribution in [-0.4, -0.2) is 5.91 Å². The van der Waals surface area contributed by atoms with E-state index in [2.05, 4.69) is 5.32 Å². The number of amides is 1. The summed E-state index contributed by atoms with van der Waals surface area (Å²) < 4.78 is 19.2. The Labute approximate surface area is 127 Å². The van der Waals surface area contributed by atoms with E-state index in [0.29, 0.717) is 10.9 Å². The van der Waals surface area contributed by atoms with Crippen LogP contribution in [0.2, 0.25) is 0 Å². The Morgan fingerprint density at radius 1 is 1.14 bits per heavy atom. The van der Waals surface area contributed by atoms with E-state index in [1.54, 1.807) is 19.1 Å². The first kappa shape index (κ1) is 14.3. The highest BCUT2D eigenvalue weighted by molar-refractivity contribution is 5.99. The van der Waals surface area contributed by atoms with Crippen LogP contribution < -0.4 is 5.32 Å². The Bertz CT molecular complexity index is 824. The first-order valence-corrected chi connectivity index (χ1v) is 7.11. The van der Waals surface area contributed by atoms with Crippen molar-refractivity contribution < 1.29 is 13.6 Å². The zero-order valence-corrected chi connectivity index (χ0v) is 12.4. The molecule has 1 amide bonds. The van der Waals surface area contributed by atoms with E-state index in [0.717, 1.165) is 5.56 Å². The Morgan fingerprint density at radius 2 is 1.86 bits per heavy atom. The molecule has 1 aromatic heterocycles. The van der Waals surface area contributed by atoms with Gasteiger partial charge in [-0.1, -0.05) is 42.5 Å². The van der Waals surface area contributed by atoms with Crippen LogP contribution in [0, 0.1) is 12.7 Å². The van der Waals surface area contributed by atoms with Gasteiger partial charge in [0.15, 0.2) is 17.2 Å². The Kier molecular flexibility index (Phi) is 3.67. The molecule has 3 aromatic rings. The molecule has 112 valence electrons. The number of para-hydroxylation sites is 1. The summed E-state index contributed by atoms with van der Waals surface area (Å²) >= 11 is 0. The van der Waals surface area contributed by atoms with Crippen molar-refractivity contribution in [1.29, 1.82) is 0 Å². The summed E-state index contributed by atoms with van der Waals surface area (Å²) in [5.41, 5.74) is 1.76. The lowest BCUT2D eigenvalue weighted by Gasteiger charge is -2.13. The second-order valence-electron chi connectivity index (χ2n) is 5.28. The SMILES string of the molecule is Cc1c(C(=O)N[C@H](C)c2ccccc2)oc2c(F)cccc12. The number of hydrogen-bond donors (Lipinski definition) is 1. The molecule has 0 aliphatic rings. The molecule has 0 saturated heterocycles. The molecule has 4 heteroatoms. The fourth-order valence-corrected chi connectivity index (χ4v) is 2.51. The second-order valence-corrected chi connectivity index (χ2v) is 5.28. The fourth-order valence-electron chi connectivity index (χ4n) is 2.51. The number of carbonyl (C=O) groups excluding carboxylic acids is 1. The molecular weight excluding hydrogens is 281 g/mol. The zero-order chi connectivity index (χ0) is 15.7. The number of rotatable bonds is 3. The lowest BCUT2D eigenvalue weighted by atomic mass is 10.1. The Balaban J connectivity index is 1.90. The molecule has 3 nitrogen and oxygen atoms in total. The van der Waals surface area contributed by atoms with Crippen molar-refractivity contribution >= 4 is 16.9 Å². The van der Waals surface area contributed by atoms with Crippen molar-refractivity contribution in [2.24, 2.45) is 0 Å². The molecule has 1 N–H and O–H groups in total. The molecule has 1 atom stereocenters. The molecule has 2 aromatic carbocycles. The standard InChI is InChI=1S/C18H16FNO2/c1-11-14-9-6-10-15(19)17(14)22-16(11)18(21)20-12(2)13-7-4-3-5-8-13/h3-10,12H,1-2H3,(H,20,21)/t12-/m1/s1. The van der Waals surface area contributed by atoms with Gasteiger partial charge < -0.3 is 9.73 Å². The second kappa shape index (κ2) is 5.64. The maximum atomic E-state index is 13.7.